The van der Waals surface area contributed by atoms with Gasteiger partial charge in [-0.3, -0.25) is 14.4 Å². The van der Waals surface area contributed by atoms with Crippen LogP contribution in [0.5, 0.6) is 0 Å². The Morgan fingerprint density at radius 1 is 0.944 bits per heavy atom. The zero-order valence-corrected chi connectivity index (χ0v) is 21.3. The van der Waals surface area contributed by atoms with Crippen LogP contribution in [0.25, 0.3) is 0 Å². The highest BCUT2D eigenvalue weighted by atomic mass is 16.2. The molecular formula is C28H37N5O3. The molecule has 2 fully saturated rings. The van der Waals surface area contributed by atoms with E-state index in [0.717, 1.165) is 30.5 Å². The fourth-order valence-electron chi connectivity index (χ4n) is 5.21. The normalized spacial score (nSPS) is 23.5. The maximum absolute atomic E-state index is 13.8. The SMILES string of the molecule is CN[C@@H](C)C(=O)N[C@H]1CN(C)CC[C@H]2CC[C@@H](C(=O)NC(c3ccccc3)c3ccccc3)N2C1=O. The largest absolute Gasteiger partial charge is 0.343 e. The summed E-state index contributed by atoms with van der Waals surface area (Å²) in [6.07, 6.45) is 2.18. The van der Waals surface area contributed by atoms with Gasteiger partial charge in [-0.15, -0.1) is 0 Å². The first kappa shape index (κ1) is 25.9. The zero-order valence-electron chi connectivity index (χ0n) is 21.3. The average Bonchev–Trinajstić information content (AvgIpc) is 3.33. The summed E-state index contributed by atoms with van der Waals surface area (Å²) in [5, 5.41) is 9.07. The van der Waals surface area contributed by atoms with Crippen LogP contribution in [0.2, 0.25) is 0 Å². The lowest BCUT2D eigenvalue weighted by molar-refractivity contribution is -0.145. The van der Waals surface area contributed by atoms with E-state index < -0.39 is 18.1 Å². The molecule has 4 rings (SSSR count). The van der Waals surface area contributed by atoms with E-state index in [1.165, 1.54) is 0 Å². The Hall–Kier alpha value is -3.23. The van der Waals surface area contributed by atoms with Gasteiger partial charge in [-0.1, -0.05) is 60.7 Å². The lowest BCUT2D eigenvalue weighted by Crippen LogP contribution is -2.61. The number of amides is 3. The van der Waals surface area contributed by atoms with E-state index in [0.29, 0.717) is 13.0 Å². The maximum Gasteiger partial charge on any atom is 0.247 e. The van der Waals surface area contributed by atoms with Crippen molar-refractivity contribution in [1.82, 2.24) is 25.8 Å². The molecule has 0 spiro atoms. The highest BCUT2D eigenvalue weighted by Crippen LogP contribution is 2.30. The van der Waals surface area contributed by atoms with E-state index in [-0.39, 0.29) is 29.8 Å². The van der Waals surface area contributed by atoms with Crippen molar-refractivity contribution in [3.8, 4) is 0 Å². The monoisotopic (exact) mass is 491 g/mol. The quantitative estimate of drug-likeness (QED) is 0.548. The van der Waals surface area contributed by atoms with E-state index in [4.69, 9.17) is 0 Å². The van der Waals surface area contributed by atoms with Crippen molar-refractivity contribution in [3.63, 3.8) is 0 Å². The van der Waals surface area contributed by atoms with Gasteiger partial charge in [-0.2, -0.15) is 0 Å². The lowest BCUT2D eigenvalue weighted by Gasteiger charge is -2.38. The number of hydrogen-bond donors (Lipinski definition) is 3. The molecule has 0 aliphatic carbocycles. The van der Waals surface area contributed by atoms with Gasteiger partial charge >= 0.3 is 0 Å². The van der Waals surface area contributed by atoms with Crippen molar-refractivity contribution in [1.29, 1.82) is 0 Å². The number of nitrogens with one attached hydrogen (secondary N) is 3. The van der Waals surface area contributed by atoms with Crippen LogP contribution in [-0.4, -0.2) is 78.9 Å². The van der Waals surface area contributed by atoms with Crippen molar-refractivity contribution in [3.05, 3.63) is 71.8 Å². The Balaban J connectivity index is 1.57. The smallest absolute Gasteiger partial charge is 0.247 e. The van der Waals surface area contributed by atoms with Crippen LogP contribution in [0, 0.1) is 0 Å². The van der Waals surface area contributed by atoms with Gasteiger partial charge in [0.2, 0.25) is 17.7 Å². The summed E-state index contributed by atoms with van der Waals surface area (Å²) in [5.41, 5.74) is 1.97. The van der Waals surface area contributed by atoms with Crippen molar-refractivity contribution < 1.29 is 14.4 Å². The minimum atomic E-state index is -0.700. The first-order valence-electron chi connectivity index (χ1n) is 12.8. The molecule has 2 aromatic carbocycles. The second-order valence-corrected chi connectivity index (χ2v) is 9.88. The van der Waals surface area contributed by atoms with Gasteiger partial charge in [-0.25, -0.2) is 0 Å². The van der Waals surface area contributed by atoms with Gasteiger partial charge in [0.1, 0.15) is 12.1 Å². The third-order valence-electron chi connectivity index (χ3n) is 7.39. The van der Waals surface area contributed by atoms with Gasteiger partial charge in [-0.05, 0) is 58.0 Å². The van der Waals surface area contributed by atoms with Gasteiger partial charge in [0.25, 0.3) is 0 Å². The molecule has 8 nitrogen and oxygen atoms in total. The molecule has 4 atom stereocenters. The maximum atomic E-state index is 13.8. The molecular weight excluding hydrogens is 454 g/mol. The fourth-order valence-corrected chi connectivity index (χ4v) is 5.21. The molecule has 0 bridgehead atoms. The molecule has 0 unspecified atom stereocenters. The number of rotatable bonds is 7. The van der Waals surface area contributed by atoms with E-state index >= 15 is 0 Å². The molecule has 2 saturated heterocycles. The molecule has 36 heavy (non-hydrogen) atoms. The molecule has 3 N–H and O–H groups in total. The third-order valence-corrected chi connectivity index (χ3v) is 7.39. The molecule has 2 aliphatic rings. The third kappa shape index (κ3) is 5.77. The highest BCUT2D eigenvalue weighted by Gasteiger charge is 2.45. The van der Waals surface area contributed by atoms with Crippen LogP contribution in [0.15, 0.2) is 60.7 Å². The van der Waals surface area contributed by atoms with Crippen molar-refractivity contribution in [2.75, 3.05) is 27.2 Å². The minimum Gasteiger partial charge on any atom is -0.343 e. The molecule has 8 heteroatoms. The number of fused-ring (bicyclic) bond motifs is 1. The Bertz CT molecular complexity index is 1010. The van der Waals surface area contributed by atoms with Crippen LogP contribution in [0.3, 0.4) is 0 Å². The second-order valence-electron chi connectivity index (χ2n) is 9.88. The Morgan fingerprint density at radius 2 is 1.56 bits per heavy atom. The highest BCUT2D eigenvalue weighted by molar-refractivity contribution is 5.94. The van der Waals surface area contributed by atoms with Crippen molar-refractivity contribution >= 4 is 17.7 Å². The summed E-state index contributed by atoms with van der Waals surface area (Å²) in [4.78, 5) is 44.0. The van der Waals surface area contributed by atoms with Crippen LogP contribution < -0.4 is 16.0 Å². The number of hydrogen-bond acceptors (Lipinski definition) is 5. The molecule has 192 valence electrons. The fraction of sp³-hybridized carbons (Fsp3) is 0.464. The standard InChI is InChI=1S/C28H37N5O3/c1-19(29-2)26(34)30-23-18-32(3)17-16-22-14-15-24(33(22)28(23)36)27(35)31-25(20-10-6-4-7-11-20)21-12-8-5-9-13-21/h4-13,19,22-25,29H,14-18H2,1-3H3,(H,30,34)(H,31,35)/t19-,22+,23-,24-/m0/s1. The summed E-state index contributed by atoms with van der Waals surface area (Å²) < 4.78 is 0. The van der Waals surface area contributed by atoms with E-state index in [1.807, 2.05) is 67.7 Å². The van der Waals surface area contributed by atoms with Gasteiger partial charge in [0.05, 0.1) is 12.1 Å². The Kier molecular flexibility index (Phi) is 8.38. The molecule has 3 amide bonds. The van der Waals surface area contributed by atoms with E-state index in [2.05, 4.69) is 20.9 Å². The predicted molar refractivity (Wildman–Crippen MR) is 139 cm³/mol. The van der Waals surface area contributed by atoms with Crippen LogP contribution in [-0.2, 0) is 14.4 Å². The van der Waals surface area contributed by atoms with Crippen LogP contribution >= 0.6 is 0 Å². The molecule has 0 radical (unpaired) electrons. The van der Waals surface area contributed by atoms with Gasteiger partial charge < -0.3 is 25.8 Å². The topological polar surface area (TPSA) is 93.8 Å². The van der Waals surface area contributed by atoms with Crippen molar-refractivity contribution in [2.24, 2.45) is 0 Å². The molecule has 0 saturated carbocycles. The van der Waals surface area contributed by atoms with Gasteiger partial charge in [0, 0.05) is 12.6 Å². The Morgan fingerprint density at radius 3 is 2.14 bits per heavy atom. The van der Waals surface area contributed by atoms with Crippen molar-refractivity contribution in [2.45, 2.75) is 56.4 Å². The van der Waals surface area contributed by atoms with Gasteiger partial charge in [0.15, 0.2) is 0 Å². The molecule has 2 aliphatic heterocycles. The molecule has 2 aromatic rings. The minimum absolute atomic E-state index is 0.0240. The number of carbonyl (C=O) groups is 3. The number of likely N-dealkylation sites (N-methyl/N-ethyl adjacent to an activating group) is 2. The zero-order chi connectivity index (χ0) is 25.7. The number of carbonyl (C=O) groups excluding carboxylic acids is 3. The van der Waals surface area contributed by atoms with Crippen LogP contribution in [0.1, 0.15) is 43.4 Å². The number of nitrogens with zero attached hydrogens (tertiary/aromatic N) is 2. The summed E-state index contributed by atoms with van der Waals surface area (Å²) in [6.45, 7) is 2.97. The summed E-state index contributed by atoms with van der Waals surface area (Å²) >= 11 is 0. The summed E-state index contributed by atoms with van der Waals surface area (Å²) in [6, 6.07) is 17.7. The predicted octanol–water partition coefficient (Wildman–Crippen LogP) is 1.68. The first-order valence-corrected chi connectivity index (χ1v) is 12.8. The number of benzene rings is 2. The molecule has 2 heterocycles. The lowest BCUT2D eigenvalue weighted by atomic mass is 9.98. The van der Waals surface area contributed by atoms with E-state index in [1.54, 1.807) is 18.9 Å². The van der Waals surface area contributed by atoms with Crippen LogP contribution in [0.4, 0.5) is 0 Å². The average molecular weight is 492 g/mol. The summed E-state index contributed by atoms with van der Waals surface area (Å²) in [5.74, 6) is -0.572. The Labute approximate surface area is 213 Å². The summed E-state index contributed by atoms with van der Waals surface area (Å²) in [7, 11) is 3.68. The second kappa shape index (κ2) is 11.7. The molecule has 0 aromatic heterocycles. The van der Waals surface area contributed by atoms with E-state index in [9.17, 15) is 14.4 Å². The first-order chi connectivity index (χ1) is 17.4.